The number of nitrogens with one attached hydrogen (secondary N) is 1. The lowest BCUT2D eigenvalue weighted by Crippen LogP contribution is -2.01. The van der Waals surface area contributed by atoms with Crippen molar-refractivity contribution in [2.24, 2.45) is 0 Å². The summed E-state index contributed by atoms with van der Waals surface area (Å²) in [7, 11) is 0. The second kappa shape index (κ2) is 5.84. The number of aromatic nitrogens is 2. The number of hydrogen-bond acceptors (Lipinski definition) is 4. The second-order valence-corrected chi connectivity index (χ2v) is 5.48. The first-order valence-electron chi connectivity index (χ1n) is 6.47. The van der Waals surface area contributed by atoms with E-state index in [0.717, 1.165) is 28.5 Å². The number of aryl methyl sites for hydroxylation is 1. The van der Waals surface area contributed by atoms with Gasteiger partial charge in [-0.25, -0.2) is 4.98 Å². The molecule has 0 aliphatic rings. The first kappa shape index (κ1) is 12.8. The molecule has 0 fully saturated rings. The van der Waals surface area contributed by atoms with Gasteiger partial charge in [0, 0.05) is 17.1 Å². The van der Waals surface area contributed by atoms with Crippen molar-refractivity contribution in [3.8, 4) is 11.3 Å². The maximum absolute atomic E-state index is 4.66. The Kier molecular flexibility index (Phi) is 3.74. The summed E-state index contributed by atoms with van der Waals surface area (Å²) in [6, 6.07) is 12.2. The first-order chi connectivity index (χ1) is 9.83. The van der Waals surface area contributed by atoms with Crippen molar-refractivity contribution in [2.45, 2.75) is 13.5 Å². The lowest BCUT2D eigenvalue weighted by atomic mass is 10.2. The van der Waals surface area contributed by atoms with Crippen LogP contribution in [0.25, 0.3) is 11.3 Å². The van der Waals surface area contributed by atoms with Gasteiger partial charge in [0.25, 0.3) is 0 Å². The normalized spacial score (nSPS) is 10.4. The Labute approximate surface area is 122 Å². The number of hydrogen-bond donors (Lipinski definition) is 1. The van der Waals surface area contributed by atoms with Crippen LogP contribution in [0.4, 0.5) is 5.69 Å². The van der Waals surface area contributed by atoms with Crippen LogP contribution in [0.15, 0.2) is 54.2 Å². The monoisotopic (exact) mass is 281 g/mol. The molecule has 0 aliphatic carbocycles. The Morgan fingerprint density at radius 1 is 1.15 bits per heavy atom. The highest BCUT2D eigenvalue weighted by Gasteiger charge is 2.04. The van der Waals surface area contributed by atoms with E-state index in [4.69, 9.17) is 0 Å². The molecule has 0 radical (unpaired) electrons. The molecule has 3 nitrogen and oxygen atoms in total. The van der Waals surface area contributed by atoms with Gasteiger partial charge in [-0.3, -0.25) is 4.98 Å². The average Bonchev–Trinajstić information content (AvgIpc) is 2.96. The predicted molar refractivity (Wildman–Crippen MR) is 83.9 cm³/mol. The van der Waals surface area contributed by atoms with Gasteiger partial charge in [0.2, 0.25) is 0 Å². The zero-order valence-corrected chi connectivity index (χ0v) is 12.0. The van der Waals surface area contributed by atoms with Crippen molar-refractivity contribution < 1.29 is 0 Å². The van der Waals surface area contributed by atoms with Gasteiger partial charge in [-0.05, 0) is 18.6 Å². The van der Waals surface area contributed by atoms with Crippen molar-refractivity contribution in [1.82, 2.24) is 9.97 Å². The van der Waals surface area contributed by atoms with Crippen LogP contribution in [0.5, 0.6) is 0 Å². The summed E-state index contributed by atoms with van der Waals surface area (Å²) >= 11 is 1.68. The fourth-order valence-corrected chi connectivity index (χ4v) is 2.70. The SMILES string of the molecule is Cc1ccncc1NCc1nc(-c2ccccc2)cs1. The van der Waals surface area contributed by atoms with E-state index >= 15 is 0 Å². The van der Waals surface area contributed by atoms with E-state index in [-0.39, 0.29) is 0 Å². The lowest BCUT2D eigenvalue weighted by Gasteiger charge is -2.06. The van der Waals surface area contributed by atoms with Crippen molar-refractivity contribution in [1.29, 1.82) is 0 Å². The topological polar surface area (TPSA) is 37.8 Å². The van der Waals surface area contributed by atoms with Gasteiger partial charge in [0.05, 0.1) is 24.1 Å². The molecule has 0 amide bonds. The fraction of sp³-hybridized carbons (Fsp3) is 0.125. The summed E-state index contributed by atoms with van der Waals surface area (Å²) in [5.41, 5.74) is 4.45. The van der Waals surface area contributed by atoms with Gasteiger partial charge >= 0.3 is 0 Å². The molecule has 2 aromatic heterocycles. The number of benzene rings is 1. The minimum Gasteiger partial charge on any atom is -0.377 e. The third-order valence-corrected chi connectivity index (χ3v) is 3.94. The van der Waals surface area contributed by atoms with E-state index in [0.29, 0.717) is 0 Å². The molecule has 0 unspecified atom stereocenters. The number of thiazole rings is 1. The van der Waals surface area contributed by atoms with Crippen LogP contribution < -0.4 is 5.32 Å². The molecule has 0 saturated carbocycles. The van der Waals surface area contributed by atoms with E-state index in [9.17, 15) is 0 Å². The van der Waals surface area contributed by atoms with Crippen molar-refractivity contribution in [2.75, 3.05) is 5.32 Å². The number of nitrogens with zero attached hydrogens (tertiary/aromatic N) is 2. The molecular weight excluding hydrogens is 266 g/mol. The molecule has 0 bridgehead atoms. The second-order valence-electron chi connectivity index (χ2n) is 4.54. The van der Waals surface area contributed by atoms with Gasteiger partial charge in [0.15, 0.2) is 0 Å². The molecular formula is C16H15N3S. The quantitative estimate of drug-likeness (QED) is 0.781. The van der Waals surface area contributed by atoms with E-state index in [2.05, 4.69) is 39.7 Å². The zero-order valence-electron chi connectivity index (χ0n) is 11.2. The molecule has 3 rings (SSSR count). The minimum absolute atomic E-state index is 0.726. The summed E-state index contributed by atoms with van der Waals surface area (Å²) in [6.45, 7) is 2.80. The predicted octanol–water partition coefficient (Wildman–Crippen LogP) is 4.13. The smallest absolute Gasteiger partial charge is 0.112 e. The first-order valence-corrected chi connectivity index (χ1v) is 7.35. The Balaban J connectivity index is 1.71. The van der Waals surface area contributed by atoms with Crippen LogP contribution >= 0.6 is 11.3 Å². The summed E-state index contributed by atoms with van der Waals surface area (Å²) in [6.07, 6.45) is 3.65. The van der Waals surface area contributed by atoms with Crippen LogP contribution in [0.3, 0.4) is 0 Å². The van der Waals surface area contributed by atoms with Gasteiger partial charge in [-0.2, -0.15) is 0 Å². The maximum atomic E-state index is 4.66. The van der Waals surface area contributed by atoms with Crippen LogP contribution in [0.2, 0.25) is 0 Å². The van der Waals surface area contributed by atoms with Crippen molar-refractivity contribution in [3.63, 3.8) is 0 Å². The molecule has 1 N–H and O–H groups in total. The van der Waals surface area contributed by atoms with E-state index in [1.165, 1.54) is 5.56 Å². The fourth-order valence-electron chi connectivity index (χ4n) is 1.95. The Bertz CT molecular complexity index is 692. The molecule has 100 valence electrons. The third kappa shape index (κ3) is 2.86. The molecule has 2 heterocycles. The van der Waals surface area contributed by atoms with Gasteiger partial charge in [-0.1, -0.05) is 30.3 Å². The zero-order chi connectivity index (χ0) is 13.8. The number of pyridine rings is 1. The molecule has 1 aromatic carbocycles. The van der Waals surface area contributed by atoms with Crippen LogP contribution in [0, 0.1) is 6.92 Å². The van der Waals surface area contributed by atoms with Crippen molar-refractivity contribution in [3.05, 3.63) is 64.7 Å². The summed E-state index contributed by atoms with van der Waals surface area (Å²) in [5, 5.41) is 6.56. The minimum atomic E-state index is 0.726. The molecule has 3 aromatic rings. The molecule has 0 atom stereocenters. The standard InChI is InChI=1S/C16H15N3S/c1-12-7-8-17-9-14(12)18-10-16-19-15(11-20-16)13-5-3-2-4-6-13/h2-9,11,18H,10H2,1H3. The highest BCUT2D eigenvalue weighted by molar-refractivity contribution is 7.09. The molecule has 20 heavy (non-hydrogen) atoms. The molecule has 0 spiro atoms. The van der Waals surface area contributed by atoms with E-state index < -0.39 is 0 Å². The molecule has 0 saturated heterocycles. The summed E-state index contributed by atoms with van der Waals surface area (Å²) < 4.78 is 0. The number of anilines is 1. The molecule has 4 heteroatoms. The lowest BCUT2D eigenvalue weighted by molar-refractivity contribution is 1.09. The highest BCUT2D eigenvalue weighted by atomic mass is 32.1. The Hall–Kier alpha value is -2.20. The van der Waals surface area contributed by atoms with E-state index in [1.807, 2.05) is 30.5 Å². The van der Waals surface area contributed by atoms with Crippen molar-refractivity contribution >= 4 is 17.0 Å². The van der Waals surface area contributed by atoms with Crippen LogP contribution in [-0.4, -0.2) is 9.97 Å². The van der Waals surface area contributed by atoms with Crippen LogP contribution in [-0.2, 0) is 6.54 Å². The van der Waals surface area contributed by atoms with Gasteiger partial charge < -0.3 is 5.32 Å². The summed E-state index contributed by atoms with van der Waals surface area (Å²) in [5.74, 6) is 0. The Morgan fingerprint density at radius 3 is 2.80 bits per heavy atom. The Morgan fingerprint density at radius 2 is 2.00 bits per heavy atom. The van der Waals surface area contributed by atoms with Gasteiger partial charge in [-0.15, -0.1) is 11.3 Å². The van der Waals surface area contributed by atoms with Crippen LogP contribution in [0.1, 0.15) is 10.6 Å². The number of rotatable bonds is 4. The maximum Gasteiger partial charge on any atom is 0.112 e. The largest absolute Gasteiger partial charge is 0.377 e. The third-order valence-electron chi connectivity index (χ3n) is 3.09. The van der Waals surface area contributed by atoms with Gasteiger partial charge in [0.1, 0.15) is 5.01 Å². The average molecular weight is 281 g/mol. The highest BCUT2D eigenvalue weighted by Crippen LogP contribution is 2.22. The summed E-state index contributed by atoms with van der Waals surface area (Å²) in [4.78, 5) is 8.79. The molecule has 0 aliphatic heterocycles. The van der Waals surface area contributed by atoms with E-state index in [1.54, 1.807) is 17.5 Å².